The van der Waals surface area contributed by atoms with Crippen LogP contribution in [0.15, 0.2) is 48.7 Å². The molecule has 2 nitrogen and oxygen atoms in total. The van der Waals surface area contributed by atoms with Crippen LogP contribution in [0.25, 0.3) is 0 Å². The molecular weight excluding hydrogens is 222 g/mol. The molecule has 2 rings (SSSR count). The van der Waals surface area contributed by atoms with Crippen molar-refractivity contribution in [2.24, 2.45) is 0 Å². The van der Waals surface area contributed by atoms with E-state index >= 15 is 0 Å². The van der Waals surface area contributed by atoms with E-state index in [-0.39, 0.29) is 5.78 Å². The first-order valence-electron chi connectivity index (χ1n) is 6.28. The van der Waals surface area contributed by atoms with Gasteiger partial charge in [0.25, 0.3) is 0 Å². The summed E-state index contributed by atoms with van der Waals surface area (Å²) in [4.78, 5) is 12.1. The maximum absolute atomic E-state index is 12.1. The van der Waals surface area contributed by atoms with Gasteiger partial charge in [0, 0.05) is 24.6 Å². The van der Waals surface area contributed by atoms with Crippen LogP contribution in [0.3, 0.4) is 0 Å². The molecule has 92 valence electrons. The van der Waals surface area contributed by atoms with E-state index in [2.05, 4.69) is 19.1 Å². The van der Waals surface area contributed by atoms with Crippen molar-refractivity contribution in [2.75, 3.05) is 0 Å². The lowest BCUT2D eigenvalue weighted by Crippen LogP contribution is -2.40. The summed E-state index contributed by atoms with van der Waals surface area (Å²) in [5.41, 5.74) is 3.19. The second-order valence-electron chi connectivity index (χ2n) is 4.45. The number of carbonyl (C=O) groups excluding carboxylic acids is 1. The Morgan fingerprint density at radius 1 is 1.17 bits per heavy atom. The number of carbonyl (C=O) groups is 1. The zero-order chi connectivity index (χ0) is 13.0. The molecular formula is C16H18NO+. The molecule has 0 saturated heterocycles. The molecule has 0 saturated carbocycles. The summed E-state index contributed by atoms with van der Waals surface area (Å²) in [6.07, 6.45) is 3.02. The molecule has 0 spiro atoms. The normalized spacial score (nSPS) is 10.3. The number of nitrogens with zero attached hydrogens (tertiary/aromatic N) is 1. The van der Waals surface area contributed by atoms with Gasteiger partial charge in [0.15, 0.2) is 11.9 Å². The summed E-state index contributed by atoms with van der Waals surface area (Å²) >= 11 is 0. The Labute approximate surface area is 108 Å². The van der Waals surface area contributed by atoms with Gasteiger partial charge in [0.05, 0.1) is 0 Å². The van der Waals surface area contributed by atoms with Crippen LogP contribution in [0.5, 0.6) is 0 Å². The Balaban J connectivity index is 2.17. The second-order valence-corrected chi connectivity index (χ2v) is 4.45. The van der Waals surface area contributed by atoms with Gasteiger partial charge in [-0.05, 0) is 12.0 Å². The van der Waals surface area contributed by atoms with Gasteiger partial charge in [-0.15, -0.1) is 0 Å². The van der Waals surface area contributed by atoms with E-state index in [0.29, 0.717) is 6.54 Å². The van der Waals surface area contributed by atoms with Gasteiger partial charge in [0.2, 0.25) is 12.3 Å². The summed E-state index contributed by atoms with van der Waals surface area (Å²) in [5.74, 6) is 0.146. The van der Waals surface area contributed by atoms with E-state index < -0.39 is 0 Å². The molecule has 0 fully saturated rings. The van der Waals surface area contributed by atoms with Gasteiger partial charge >= 0.3 is 0 Å². The fourth-order valence-electron chi connectivity index (χ4n) is 1.97. The molecule has 18 heavy (non-hydrogen) atoms. The minimum atomic E-state index is 0.146. The first-order valence-corrected chi connectivity index (χ1v) is 6.28. The molecule has 0 bridgehead atoms. The molecule has 0 unspecified atom stereocenters. The molecule has 0 N–H and O–H groups in total. The predicted molar refractivity (Wildman–Crippen MR) is 71.5 cm³/mol. The van der Waals surface area contributed by atoms with Crippen molar-refractivity contribution in [2.45, 2.75) is 26.8 Å². The lowest BCUT2D eigenvalue weighted by molar-refractivity contribution is -0.689. The predicted octanol–water partition coefficient (Wildman–Crippen LogP) is 2.73. The highest BCUT2D eigenvalue weighted by Crippen LogP contribution is 2.03. The summed E-state index contributed by atoms with van der Waals surface area (Å²) in [5, 5.41) is 0. The van der Waals surface area contributed by atoms with E-state index in [0.717, 1.165) is 17.7 Å². The number of rotatable bonds is 4. The van der Waals surface area contributed by atoms with Crippen molar-refractivity contribution in [1.82, 2.24) is 0 Å². The van der Waals surface area contributed by atoms with Gasteiger partial charge in [-0.2, -0.15) is 4.57 Å². The molecule has 1 heterocycles. The monoisotopic (exact) mass is 240 g/mol. The van der Waals surface area contributed by atoms with Crippen LogP contribution in [-0.4, -0.2) is 5.78 Å². The van der Waals surface area contributed by atoms with Crippen LogP contribution >= 0.6 is 0 Å². The third kappa shape index (κ3) is 2.83. The fourth-order valence-corrected chi connectivity index (χ4v) is 1.97. The maximum atomic E-state index is 12.1. The molecule has 0 aliphatic rings. The van der Waals surface area contributed by atoms with Crippen LogP contribution < -0.4 is 4.57 Å². The third-order valence-electron chi connectivity index (χ3n) is 3.13. The summed E-state index contributed by atoms with van der Waals surface area (Å²) < 4.78 is 1.99. The number of pyridine rings is 1. The average Bonchev–Trinajstić information content (AvgIpc) is 2.42. The molecule has 0 aliphatic carbocycles. The van der Waals surface area contributed by atoms with Gasteiger partial charge in [-0.25, -0.2) is 0 Å². The number of hydrogen-bond acceptors (Lipinski definition) is 1. The van der Waals surface area contributed by atoms with Gasteiger partial charge < -0.3 is 0 Å². The highest BCUT2D eigenvalue weighted by atomic mass is 16.1. The van der Waals surface area contributed by atoms with E-state index in [4.69, 9.17) is 0 Å². The Morgan fingerprint density at radius 2 is 1.89 bits per heavy atom. The van der Waals surface area contributed by atoms with E-state index in [9.17, 15) is 4.79 Å². The van der Waals surface area contributed by atoms with Gasteiger partial charge in [-0.3, -0.25) is 4.79 Å². The Morgan fingerprint density at radius 3 is 2.50 bits per heavy atom. The Hall–Kier alpha value is -1.96. The molecule has 1 aromatic heterocycles. The smallest absolute Gasteiger partial charge is 0.227 e. The first kappa shape index (κ1) is 12.5. The standard InChI is InChI=1S/C16H18NO/c1-3-14-9-10-17(13(2)11-14)12-16(18)15-7-5-4-6-8-15/h4-11H,3,12H2,1-2H3/q+1. The quantitative estimate of drug-likeness (QED) is 0.594. The van der Waals surface area contributed by atoms with Gasteiger partial charge in [0.1, 0.15) is 0 Å². The van der Waals surface area contributed by atoms with Crippen molar-refractivity contribution in [3.05, 3.63) is 65.5 Å². The highest BCUT2D eigenvalue weighted by molar-refractivity contribution is 5.94. The molecule has 0 aliphatic heterocycles. The molecule has 0 amide bonds. The first-order chi connectivity index (χ1) is 8.70. The summed E-state index contributed by atoms with van der Waals surface area (Å²) in [6, 6.07) is 13.6. The number of aromatic nitrogens is 1. The summed E-state index contributed by atoms with van der Waals surface area (Å²) in [6.45, 7) is 4.57. The number of Topliss-reactive ketones (excluding diaryl/α,β-unsaturated/α-hetero) is 1. The van der Waals surface area contributed by atoms with Crippen LogP contribution in [0, 0.1) is 6.92 Å². The molecule has 2 heteroatoms. The van der Waals surface area contributed by atoms with E-state index in [1.807, 2.05) is 48.0 Å². The van der Waals surface area contributed by atoms with Crippen molar-refractivity contribution >= 4 is 5.78 Å². The Bertz CT molecular complexity index is 546. The minimum absolute atomic E-state index is 0.146. The third-order valence-corrected chi connectivity index (χ3v) is 3.13. The topological polar surface area (TPSA) is 20.9 Å². The van der Waals surface area contributed by atoms with Crippen LogP contribution in [0.2, 0.25) is 0 Å². The fraction of sp³-hybridized carbons (Fsp3) is 0.250. The molecule has 1 aromatic carbocycles. The number of hydrogen-bond donors (Lipinski definition) is 0. The summed E-state index contributed by atoms with van der Waals surface area (Å²) in [7, 11) is 0. The SMILES string of the molecule is CCc1cc[n+](CC(=O)c2ccccc2)c(C)c1. The number of ketones is 1. The van der Waals surface area contributed by atoms with Crippen LogP contribution in [0.4, 0.5) is 0 Å². The highest BCUT2D eigenvalue weighted by Gasteiger charge is 2.14. The lowest BCUT2D eigenvalue weighted by Gasteiger charge is -2.02. The maximum Gasteiger partial charge on any atom is 0.227 e. The van der Waals surface area contributed by atoms with E-state index in [1.165, 1.54) is 5.56 Å². The zero-order valence-electron chi connectivity index (χ0n) is 10.9. The Kier molecular flexibility index (Phi) is 3.88. The van der Waals surface area contributed by atoms with Crippen LogP contribution in [0.1, 0.15) is 28.5 Å². The molecule has 0 atom stereocenters. The molecule has 0 radical (unpaired) electrons. The average molecular weight is 240 g/mol. The van der Waals surface area contributed by atoms with Crippen molar-refractivity contribution < 1.29 is 9.36 Å². The zero-order valence-corrected chi connectivity index (χ0v) is 10.9. The van der Waals surface area contributed by atoms with Crippen molar-refractivity contribution in [1.29, 1.82) is 0 Å². The number of aryl methyl sites for hydroxylation is 2. The molecule has 2 aromatic rings. The lowest BCUT2D eigenvalue weighted by atomic mass is 10.1. The number of benzene rings is 1. The van der Waals surface area contributed by atoms with Crippen LogP contribution in [-0.2, 0) is 13.0 Å². The largest absolute Gasteiger partial charge is 0.287 e. The van der Waals surface area contributed by atoms with E-state index in [1.54, 1.807) is 0 Å². The van der Waals surface area contributed by atoms with Crippen molar-refractivity contribution in [3.8, 4) is 0 Å². The van der Waals surface area contributed by atoms with Gasteiger partial charge in [-0.1, -0.05) is 37.3 Å². The minimum Gasteiger partial charge on any atom is -0.287 e. The second kappa shape index (κ2) is 5.58. The van der Waals surface area contributed by atoms with Crippen molar-refractivity contribution in [3.63, 3.8) is 0 Å².